The van der Waals surface area contributed by atoms with Gasteiger partial charge in [0.1, 0.15) is 0 Å². The van der Waals surface area contributed by atoms with Crippen molar-refractivity contribution in [2.24, 2.45) is 5.92 Å². The monoisotopic (exact) mass is 224 g/mol. The fourth-order valence-electron chi connectivity index (χ4n) is 2.23. The van der Waals surface area contributed by atoms with Crippen LogP contribution in [0.2, 0.25) is 0 Å². The summed E-state index contributed by atoms with van der Waals surface area (Å²) in [7, 11) is 1.44. The second kappa shape index (κ2) is 4.63. The number of carbonyl (C=O) groups excluding carboxylic acids is 1. The predicted octanol–water partition coefficient (Wildman–Crippen LogP) is 1.82. The molecule has 0 saturated heterocycles. The third-order valence-electron chi connectivity index (χ3n) is 3.17. The summed E-state index contributed by atoms with van der Waals surface area (Å²) in [5, 5.41) is 3.93. The van der Waals surface area contributed by atoms with Crippen molar-refractivity contribution < 1.29 is 14.1 Å². The summed E-state index contributed by atoms with van der Waals surface area (Å²) in [6.45, 7) is 1.79. The van der Waals surface area contributed by atoms with Gasteiger partial charge in [0.15, 0.2) is 5.82 Å². The van der Waals surface area contributed by atoms with Crippen molar-refractivity contribution in [2.75, 3.05) is 7.11 Å². The molecule has 1 aromatic heterocycles. The number of methoxy groups -OCH3 is 1. The summed E-state index contributed by atoms with van der Waals surface area (Å²) in [6.07, 6.45) is 3.56. The summed E-state index contributed by atoms with van der Waals surface area (Å²) in [5.41, 5.74) is 0. The molecule has 1 heterocycles. The van der Waals surface area contributed by atoms with E-state index in [1.54, 1.807) is 6.92 Å². The molecule has 88 valence electrons. The van der Waals surface area contributed by atoms with Gasteiger partial charge in [-0.05, 0) is 25.7 Å². The van der Waals surface area contributed by atoms with Crippen LogP contribution in [0.4, 0.5) is 0 Å². The fraction of sp³-hybridized carbons (Fsp3) is 0.727. The first-order valence-corrected chi connectivity index (χ1v) is 5.58. The number of rotatable bonds is 2. The highest BCUT2D eigenvalue weighted by Gasteiger charge is 2.29. The molecule has 2 rings (SSSR count). The highest BCUT2D eigenvalue weighted by molar-refractivity contribution is 5.72. The van der Waals surface area contributed by atoms with Crippen LogP contribution < -0.4 is 0 Å². The van der Waals surface area contributed by atoms with Gasteiger partial charge in [-0.15, -0.1) is 0 Å². The Morgan fingerprint density at radius 2 is 2.06 bits per heavy atom. The van der Waals surface area contributed by atoms with Crippen LogP contribution in [0, 0.1) is 12.8 Å². The maximum atomic E-state index is 11.3. The average molecular weight is 224 g/mol. The molecule has 1 saturated carbocycles. The lowest BCUT2D eigenvalue weighted by Gasteiger charge is -2.24. The number of aromatic nitrogens is 2. The van der Waals surface area contributed by atoms with E-state index in [-0.39, 0.29) is 11.9 Å². The number of aryl methyl sites for hydroxylation is 1. The van der Waals surface area contributed by atoms with Crippen molar-refractivity contribution in [3.05, 3.63) is 11.7 Å². The standard InChI is InChI=1S/C11H16N2O3/c1-7-12-10(13-16-7)8-3-5-9(6-4-8)11(14)15-2/h8-9H,3-6H2,1-2H3. The fourth-order valence-corrected chi connectivity index (χ4v) is 2.23. The molecule has 16 heavy (non-hydrogen) atoms. The van der Waals surface area contributed by atoms with Crippen LogP contribution in [-0.2, 0) is 9.53 Å². The van der Waals surface area contributed by atoms with Gasteiger partial charge < -0.3 is 9.26 Å². The van der Waals surface area contributed by atoms with Gasteiger partial charge in [0.2, 0.25) is 5.89 Å². The van der Waals surface area contributed by atoms with E-state index < -0.39 is 0 Å². The van der Waals surface area contributed by atoms with E-state index in [1.807, 2.05) is 0 Å². The Kier molecular flexibility index (Phi) is 3.22. The zero-order valence-electron chi connectivity index (χ0n) is 9.60. The van der Waals surface area contributed by atoms with Crippen molar-refractivity contribution in [3.8, 4) is 0 Å². The van der Waals surface area contributed by atoms with E-state index in [0.29, 0.717) is 11.8 Å². The normalized spacial score (nSPS) is 25.4. The van der Waals surface area contributed by atoms with Gasteiger partial charge in [-0.2, -0.15) is 4.98 Å². The molecular formula is C11H16N2O3. The van der Waals surface area contributed by atoms with E-state index in [0.717, 1.165) is 31.5 Å². The van der Waals surface area contributed by atoms with E-state index >= 15 is 0 Å². The molecule has 1 aliphatic carbocycles. The lowest BCUT2D eigenvalue weighted by molar-refractivity contribution is -0.146. The van der Waals surface area contributed by atoms with Crippen molar-refractivity contribution >= 4 is 5.97 Å². The smallest absolute Gasteiger partial charge is 0.308 e. The minimum Gasteiger partial charge on any atom is -0.469 e. The molecule has 0 atom stereocenters. The number of carbonyl (C=O) groups is 1. The highest BCUT2D eigenvalue weighted by atomic mass is 16.5. The maximum Gasteiger partial charge on any atom is 0.308 e. The third-order valence-corrected chi connectivity index (χ3v) is 3.17. The first-order chi connectivity index (χ1) is 7.70. The van der Waals surface area contributed by atoms with Gasteiger partial charge >= 0.3 is 5.97 Å². The van der Waals surface area contributed by atoms with E-state index in [4.69, 9.17) is 9.26 Å². The van der Waals surface area contributed by atoms with Gasteiger partial charge in [0.05, 0.1) is 13.0 Å². The van der Waals surface area contributed by atoms with Gasteiger partial charge in [0, 0.05) is 12.8 Å². The van der Waals surface area contributed by atoms with Crippen LogP contribution in [0.1, 0.15) is 43.3 Å². The Labute approximate surface area is 94.2 Å². The van der Waals surface area contributed by atoms with Crippen molar-refractivity contribution in [1.29, 1.82) is 0 Å². The summed E-state index contributed by atoms with van der Waals surface area (Å²) < 4.78 is 9.71. The van der Waals surface area contributed by atoms with Crippen LogP contribution in [0.15, 0.2) is 4.52 Å². The highest BCUT2D eigenvalue weighted by Crippen LogP contribution is 2.34. The van der Waals surface area contributed by atoms with E-state index in [1.165, 1.54) is 7.11 Å². The topological polar surface area (TPSA) is 65.2 Å². The van der Waals surface area contributed by atoms with Crippen LogP contribution >= 0.6 is 0 Å². The predicted molar refractivity (Wildman–Crippen MR) is 55.8 cm³/mol. The lowest BCUT2D eigenvalue weighted by atomic mass is 9.82. The number of hydrogen-bond donors (Lipinski definition) is 0. The molecule has 1 aromatic rings. The Balaban J connectivity index is 1.92. The molecule has 0 aromatic carbocycles. The van der Waals surface area contributed by atoms with Gasteiger partial charge in [0.25, 0.3) is 0 Å². The summed E-state index contributed by atoms with van der Waals surface area (Å²) in [6, 6.07) is 0. The summed E-state index contributed by atoms with van der Waals surface area (Å²) in [5.74, 6) is 1.67. The summed E-state index contributed by atoms with van der Waals surface area (Å²) in [4.78, 5) is 15.6. The largest absolute Gasteiger partial charge is 0.469 e. The van der Waals surface area contributed by atoms with E-state index in [9.17, 15) is 4.79 Å². The zero-order valence-corrected chi connectivity index (χ0v) is 9.60. The maximum absolute atomic E-state index is 11.3. The second-order valence-corrected chi connectivity index (χ2v) is 4.24. The number of hydrogen-bond acceptors (Lipinski definition) is 5. The van der Waals surface area contributed by atoms with Crippen LogP contribution in [-0.4, -0.2) is 23.2 Å². The molecule has 5 heteroatoms. The molecule has 1 fully saturated rings. The molecule has 0 spiro atoms. The molecule has 0 aliphatic heterocycles. The van der Waals surface area contributed by atoms with Crippen molar-refractivity contribution in [3.63, 3.8) is 0 Å². The van der Waals surface area contributed by atoms with Crippen LogP contribution in [0.25, 0.3) is 0 Å². The first kappa shape index (κ1) is 11.1. The number of esters is 1. The zero-order chi connectivity index (χ0) is 11.5. The van der Waals surface area contributed by atoms with Crippen LogP contribution in [0.5, 0.6) is 0 Å². The van der Waals surface area contributed by atoms with E-state index in [2.05, 4.69) is 10.1 Å². The molecule has 0 N–H and O–H groups in total. The Morgan fingerprint density at radius 3 is 2.56 bits per heavy atom. The minimum atomic E-state index is -0.0947. The molecule has 0 amide bonds. The van der Waals surface area contributed by atoms with Crippen molar-refractivity contribution in [1.82, 2.24) is 10.1 Å². The SMILES string of the molecule is COC(=O)C1CCC(c2noc(C)n2)CC1. The third kappa shape index (κ3) is 2.23. The van der Waals surface area contributed by atoms with Crippen molar-refractivity contribution in [2.45, 2.75) is 38.5 Å². The van der Waals surface area contributed by atoms with Gasteiger partial charge in [-0.1, -0.05) is 5.16 Å². The average Bonchev–Trinajstić information content (AvgIpc) is 2.75. The van der Waals surface area contributed by atoms with Gasteiger partial charge in [-0.25, -0.2) is 0 Å². The number of nitrogens with zero attached hydrogens (tertiary/aromatic N) is 2. The summed E-state index contributed by atoms with van der Waals surface area (Å²) >= 11 is 0. The molecule has 0 radical (unpaired) electrons. The van der Waals surface area contributed by atoms with Crippen LogP contribution in [0.3, 0.4) is 0 Å². The Bertz CT molecular complexity index is 367. The Morgan fingerprint density at radius 1 is 1.38 bits per heavy atom. The minimum absolute atomic E-state index is 0.0502. The number of ether oxygens (including phenoxy) is 1. The molecule has 5 nitrogen and oxygen atoms in total. The molecule has 1 aliphatic rings. The second-order valence-electron chi connectivity index (χ2n) is 4.24. The molecule has 0 bridgehead atoms. The molecular weight excluding hydrogens is 208 g/mol. The Hall–Kier alpha value is -1.39. The quantitative estimate of drug-likeness (QED) is 0.717. The first-order valence-electron chi connectivity index (χ1n) is 5.58. The lowest BCUT2D eigenvalue weighted by Crippen LogP contribution is -2.22. The van der Waals surface area contributed by atoms with Gasteiger partial charge in [-0.3, -0.25) is 4.79 Å². The molecule has 0 unspecified atom stereocenters.